The van der Waals surface area contributed by atoms with E-state index in [9.17, 15) is 14.0 Å². The summed E-state index contributed by atoms with van der Waals surface area (Å²) in [5, 5.41) is 0. The Labute approximate surface area is 208 Å². The number of anilines is 2. The number of hydrogen-bond acceptors (Lipinski definition) is 6. The highest BCUT2D eigenvalue weighted by atomic mass is 19.1. The molecule has 2 amide bonds. The molecule has 3 heterocycles. The quantitative estimate of drug-likeness (QED) is 0.596. The highest BCUT2D eigenvalue weighted by Gasteiger charge is 2.52. The first-order valence-corrected chi connectivity index (χ1v) is 12.2. The van der Waals surface area contributed by atoms with E-state index in [1.165, 1.54) is 11.6 Å². The van der Waals surface area contributed by atoms with Crippen molar-refractivity contribution in [1.82, 2.24) is 19.8 Å². The summed E-state index contributed by atoms with van der Waals surface area (Å²) in [6.45, 7) is 3.33. The van der Waals surface area contributed by atoms with Crippen molar-refractivity contribution in [2.24, 2.45) is 5.73 Å². The molecule has 2 aliphatic heterocycles. The molecule has 2 N–H and O–H groups in total. The lowest BCUT2D eigenvalue weighted by Gasteiger charge is -2.34. The highest BCUT2D eigenvalue weighted by Crippen LogP contribution is 2.57. The molecule has 1 saturated carbocycles. The fourth-order valence-corrected chi connectivity index (χ4v) is 5.37. The molecule has 3 aliphatic rings. The molecule has 0 unspecified atom stereocenters. The first-order valence-electron chi connectivity index (χ1n) is 12.2. The topological polar surface area (TPSA) is 95.7 Å². The fourth-order valence-electron chi connectivity index (χ4n) is 5.37. The minimum atomic E-state index is -0.355. The Morgan fingerprint density at radius 1 is 1.00 bits per heavy atom. The maximum Gasteiger partial charge on any atom is 0.254 e. The third kappa shape index (κ3) is 3.99. The molecule has 6 rings (SSSR count). The largest absolute Gasteiger partial charge is 0.369 e. The first-order chi connectivity index (χ1) is 17.4. The number of primary amides is 1. The summed E-state index contributed by atoms with van der Waals surface area (Å²) >= 11 is 0. The number of nitrogens with two attached hydrogens (primary N) is 1. The predicted octanol–water partition coefficient (Wildman–Crippen LogP) is 2.71. The summed E-state index contributed by atoms with van der Waals surface area (Å²) in [5.74, 6) is -0.142. The molecule has 0 bridgehead atoms. The second kappa shape index (κ2) is 8.67. The Morgan fingerprint density at radius 2 is 1.72 bits per heavy atom. The van der Waals surface area contributed by atoms with Crippen molar-refractivity contribution in [2.75, 3.05) is 44.2 Å². The van der Waals surface area contributed by atoms with Crippen LogP contribution in [0.25, 0.3) is 11.1 Å². The van der Waals surface area contributed by atoms with E-state index in [0.29, 0.717) is 48.8 Å². The second-order valence-electron chi connectivity index (χ2n) is 9.88. The van der Waals surface area contributed by atoms with Crippen LogP contribution in [0.3, 0.4) is 0 Å². The van der Waals surface area contributed by atoms with Crippen LogP contribution in [0.4, 0.5) is 16.0 Å². The Morgan fingerprint density at radius 3 is 2.39 bits per heavy atom. The van der Waals surface area contributed by atoms with Crippen LogP contribution in [0.2, 0.25) is 0 Å². The summed E-state index contributed by atoms with van der Waals surface area (Å²) < 4.78 is 14.2. The number of amides is 2. The number of halogens is 1. The number of hydrogen-bond donors (Lipinski definition) is 1. The van der Waals surface area contributed by atoms with Crippen molar-refractivity contribution in [3.05, 3.63) is 71.8 Å². The van der Waals surface area contributed by atoms with E-state index in [1.807, 2.05) is 21.9 Å². The van der Waals surface area contributed by atoms with Gasteiger partial charge in [-0.1, -0.05) is 24.3 Å². The molecule has 184 valence electrons. The maximum atomic E-state index is 14.2. The second-order valence-corrected chi connectivity index (χ2v) is 9.88. The minimum Gasteiger partial charge on any atom is -0.369 e. The Hall–Kier alpha value is -3.85. The van der Waals surface area contributed by atoms with Crippen LogP contribution in [-0.2, 0) is 10.2 Å². The normalized spacial score (nSPS) is 18.4. The van der Waals surface area contributed by atoms with Crippen molar-refractivity contribution in [1.29, 1.82) is 0 Å². The number of carbonyl (C=O) groups is 2. The van der Waals surface area contributed by atoms with Crippen LogP contribution in [0.15, 0.2) is 54.9 Å². The molecule has 8 nitrogen and oxygen atoms in total. The van der Waals surface area contributed by atoms with Gasteiger partial charge in [-0.15, -0.1) is 0 Å². The van der Waals surface area contributed by atoms with Crippen molar-refractivity contribution >= 4 is 23.5 Å². The van der Waals surface area contributed by atoms with E-state index in [-0.39, 0.29) is 29.6 Å². The van der Waals surface area contributed by atoms with Crippen LogP contribution >= 0.6 is 0 Å². The predicted molar refractivity (Wildman–Crippen MR) is 133 cm³/mol. The average molecular weight is 487 g/mol. The average Bonchev–Trinajstić information content (AvgIpc) is 3.60. The zero-order valence-corrected chi connectivity index (χ0v) is 19.9. The molecule has 3 aromatic rings. The van der Waals surface area contributed by atoms with Gasteiger partial charge in [0.15, 0.2) is 0 Å². The van der Waals surface area contributed by atoms with E-state index in [4.69, 9.17) is 5.73 Å². The van der Waals surface area contributed by atoms with Crippen molar-refractivity contribution in [3.8, 4) is 11.1 Å². The number of piperazine rings is 1. The number of rotatable bonds is 5. The van der Waals surface area contributed by atoms with Crippen molar-refractivity contribution < 1.29 is 14.0 Å². The van der Waals surface area contributed by atoms with Gasteiger partial charge in [-0.25, -0.2) is 14.4 Å². The van der Waals surface area contributed by atoms with Crippen LogP contribution in [0, 0.1) is 5.82 Å². The number of aromatic nitrogens is 2. The van der Waals surface area contributed by atoms with Crippen molar-refractivity contribution in [2.45, 2.75) is 18.3 Å². The lowest BCUT2D eigenvalue weighted by atomic mass is 9.97. The maximum absolute atomic E-state index is 14.2. The molecule has 36 heavy (non-hydrogen) atoms. The summed E-state index contributed by atoms with van der Waals surface area (Å²) in [5.41, 5.74) is 9.30. The Balaban J connectivity index is 1.25. The van der Waals surface area contributed by atoms with Crippen LogP contribution in [-0.4, -0.2) is 70.9 Å². The summed E-state index contributed by atoms with van der Waals surface area (Å²) in [4.78, 5) is 39.5. The van der Waals surface area contributed by atoms with Crippen LogP contribution in [0.5, 0.6) is 0 Å². The van der Waals surface area contributed by atoms with Gasteiger partial charge in [0.25, 0.3) is 5.91 Å². The minimum absolute atomic E-state index is 0.0240. The SMILES string of the molecule is NC(=O)CN1CCN(C(=O)c2ccc3c(c2)N(c2ncc(-c4ccccc4F)cn2)CC32CC2)CC1. The van der Waals surface area contributed by atoms with Gasteiger partial charge >= 0.3 is 0 Å². The molecule has 0 atom stereocenters. The lowest BCUT2D eigenvalue weighted by Crippen LogP contribution is -2.50. The molecule has 1 spiro atoms. The van der Waals surface area contributed by atoms with Gasteiger partial charge in [0.1, 0.15) is 5.82 Å². The Bertz CT molecular complexity index is 1330. The van der Waals surface area contributed by atoms with Gasteiger partial charge in [-0.3, -0.25) is 14.5 Å². The molecule has 2 aromatic carbocycles. The fraction of sp³-hybridized carbons (Fsp3) is 0.333. The molecule has 1 aliphatic carbocycles. The number of nitrogens with zero attached hydrogens (tertiary/aromatic N) is 5. The summed E-state index contributed by atoms with van der Waals surface area (Å²) in [6, 6.07) is 12.5. The van der Waals surface area contributed by atoms with E-state index in [1.54, 1.807) is 30.6 Å². The third-order valence-electron chi connectivity index (χ3n) is 7.52. The molecule has 2 fully saturated rings. The number of benzene rings is 2. The van der Waals surface area contributed by atoms with Crippen molar-refractivity contribution in [3.63, 3.8) is 0 Å². The van der Waals surface area contributed by atoms with E-state index in [0.717, 1.165) is 25.1 Å². The third-order valence-corrected chi connectivity index (χ3v) is 7.52. The van der Waals surface area contributed by atoms with Gasteiger partial charge in [-0.2, -0.15) is 0 Å². The number of carbonyl (C=O) groups excluding carboxylic acids is 2. The van der Waals surface area contributed by atoms with Crippen LogP contribution < -0.4 is 10.6 Å². The molecular weight excluding hydrogens is 459 g/mol. The van der Waals surface area contributed by atoms with E-state index >= 15 is 0 Å². The highest BCUT2D eigenvalue weighted by molar-refractivity contribution is 5.96. The van der Waals surface area contributed by atoms with E-state index < -0.39 is 0 Å². The van der Waals surface area contributed by atoms with Gasteiger partial charge in [0.2, 0.25) is 11.9 Å². The first kappa shape index (κ1) is 22.6. The van der Waals surface area contributed by atoms with Gasteiger partial charge in [0, 0.05) is 72.9 Å². The molecule has 1 aromatic heterocycles. The van der Waals surface area contributed by atoms with Gasteiger partial charge < -0.3 is 15.5 Å². The monoisotopic (exact) mass is 486 g/mol. The molecular formula is C27H27FN6O2. The Kier molecular flexibility index (Phi) is 5.44. The van der Waals surface area contributed by atoms with Crippen LogP contribution in [0.1, 0.15) is 28.8 Å². The molecule has 0 radical (unpaired) electrons. The molecule has 9 heteroatoms. The zero-order valence-electron chi connectivity index (χ0n) is 19.9. The lowest BCUT2D eigenvalue weighted by molar-refractivity contribution is -0.119. The smallest absolute Gasteiger partial charge is 0.254 e. The summed E-state index contributed by atoms with van der Waals surface area (Å²) in [6.07, 6.45) is 5.50. The molecule has 1 saturated heterocycles. The van der Waals surface area contributed by atoms with Gasteiger partial charge in [-0.05, 0) is 36.6 Å². The number of fused-ring (bicyclic) bond motifs is 2. The summed E-state index contributed by atoms with van der Waals surface area (Å²) in [7, 11) is 0. The zero-order chi connectivity index (χ0) is 24.9. The van der Waals surface area contributed by atoms with E-state index in [2.05, 4.69) is 20.9 Å². The standard InChI is InChI=1S/C27H27FN6O2/c28-22-4-2-1-3-20(22)19-14-30-26(31-15-19)34-17-27(7-8-27)21-6-5-18(13-23(21)34)25(36)33-11-9-32(10-12-33)16-24(29)35/h1-6,13-15H,7-12,16-17H2,(H2,29,35). The van der Waals surface area contributed by atoms with Gasteiger partial charge in [0.05, 0.1) is 6.54 Å².